The van der Waals surface area contributed by atoms with Crippen molar-refractivity contribution in [3.8, 4) is 0 Å². The molecule has 0 unspecified atom stereocenters. The number of aryl methyl sites for hydroxylation is 3. The molecule has 0 aliphatic heterocycles. The van der Waals surface area contributed by atoms with E-state index in [4.69, 9.17) is 29.1 Å². The molecule has 0 saturated carbocycles. The average molecular weight is 445 g/mol. The summed E-state index contributed by atoms with van der Waals surface area (Å²) in [4.78, 5) is 28.4. The van der Waals surface area contributed by atoms with E-state index in [1.807, 2.05) is 19.1 Å². The fourth-order valence-electron chi connectivity index (χ4n) is 3.37. The molecule has 3 rings (SSSR count). The van der Waals surface area contributed by atoms with E-state index in [1.165, 1.54) is 17.2 Å². The maximum absolute atomic E-state index is 12.7. The van der Waals surface area contributed by atoms with E-state index in [0.717, 1.165) is 17.7 Å². The van der Waals surface area contributed by atoms with Crippen LogP contribution < -0.4 is 11.5 Å². The summed E-state index contributed by atoms with van der Waals surface area (Å²) in [5.74, 6) is 4.31. The lowest BCUT2D eigenvalue weighted by Gasteiger charge is -2.16. The van der Waals surface area contributed by atoms with Gasteiger partial charge in [0.25, 0.3) is 5.56 Å². The highest BCUT2D eigenvalue weighted by Gasteiger charge is 2.14. The highest BCUT2D eigenvalue weighted by atomic mass is 35.5. The van der Waals surface area contributed by atoms with Gasteiger partial charge in [-0.2, -0.15) is 5.90 Å². The maximum Gasteiger partial charge on any atom is 0.356 e. The van der Waals surface area contributed by atoms with Crippen LogP contribution >= 0.6 is 23.2 Å². The van der Waals surface area contributed by atoms with Crippen molar-refractivity contribution in [1.82, 2.24) is 4.57 Å². The summed E-state index contributed by atoms with van der Waals surface area (Å²) in [5, 5.41) is 0.577. The number of hydrogen-bond donors (Lipinski definition) is 1. The quantitative estimate of drug-likeness (QED) is 0.543. The van der Waals surface area contributed by atoms with Crippen molar-refractivity contribution < 1.29 is 9.63 Å². The molecular formula is C23H22Cl2N2O3. The van der Waals surface area contributed by atoms with Gasteiger partial charge in [-0.05, 0) is 55.5 Å². The van der Waals surface area contributed by atoms with Crippen LogP contribution in [0.25, 0.3) is 0 Å². The van der Waals surface area contributed by atoms with Gasteiger partial charge < -0.3 is 9.40 Å². The number of benzene rings is 2. The molecule has 0 saturated heterocycles. The lowest BCUT2D eigenvalue weighted by Crippen LogP contribution is -2.25. The predicted octanol–water partition coefficient (Wildman–Crippen LogP) is 4.52. The van der Waals surface area contributed by atoms with Gasteiger partial charge in [-0.25, -0.2) is 4.79 Å². The molecule has 30 heavy (non-hydrogen) atoms. The first kappa shape index (κ1) is 22.1. The second kappa shape index (κ2) is 9.94. The summed E-state index contributed by atoms with van der Waals surface area (Å²) in [6, 6.07) is 16.6. The number of pyridine rings is 1. The molecule has 0 bridgehead atoms. The van der Waals surface area contributed by atoms with E-state index < -0.39 is 5.97 Å². The van der Waals surface area contributed by atoms with Crippen molar-refractivity contribution in [2.75, 3.05) is 0 Å². The third-order valence-electron chi connectivity index (χ3n) is 4.96. The van der Waals surface area contributed by atoms with Gasteiger partial charge in [0.1, 0.15) is 5.02 Å². The van der Waals surface area contributed by atoms with Gasteiger partial charge in [-0.3, -0.25) is 4.79 Å². The highest BCUT2D eigenvalue weighted by molar-refractivity contribution is 6.34. The fraction of sp³-hybridized carbons (Fsp3) is 0.217. The molecule has 3 aromatic rings. The van der Waals surface area contributed by atoms with E-state index in [-0.39, 0.29) is 10.6 Å². The largest absolute Gasteiger partial charge is 0.370 e. The minimum Gasteiger partial charge on any atom is -0.370 e. The molecule has 0 radical (unpaired) electrons. The van der Waals surface area contributed by atoms with Crippen molar-refractivity contribution in [3.05, 3.63) is 103 Å². The van der Waals surface area contributed by atoms with Gasteiger partial charge in [-0.15, -0.1) is 0 Å². The van der Waals surface area contributed by atoms with Gasteiger partial charge in [0.2, 0.25) is 0 Å². The third kappa shape index (κ3) is 5.30. The smallest absolute Gasteiger partial charge is 0.356 e. The number of halogens is 2. The SMILES string of the molecule is Cc1cccc(CCc2c(Cl)cc(Cl)c(=O)n2CCc2ccc(C(=O)ON)cc2)c1. The molecule has 0 amide bonds. The summed E-state index contributed by atoms with van der Waals surface area (Å²) in [7, 11) is 0. The molecule has 2 N–H and O–H groups in total. The van der Waals surface area contributed by atoms with Crippen molar-refractivity contribution in [2.24, 2.45) is 5.90 Å². The van der Waals surface area contributed by atoms with E-state index in [0.29, 0.717) is 30.0 Å². The zero-order valence-corrected chi connectivity index (χ0v) is 18.0. The first-order valence-electron chi connectivity index (χ1n) is 9.52. The molecule has 5 nitrogen and oxygen atoms in total. The Labute approximate surface area is 185 Å². The number of carbonyl (C=O) groups excluding carboxylic acids is 1. The Morgan fingerprint density at radius 1 is 0.967 bits per heavy atom. The molecule has 0 fully saturated rings. The van der Waals surface area contributed by atoms with Crippen LogP contribution in [0.4, 0.5) is 0 Å². The molecule has 1 aromatic heterocycles. The van der Waals surface area contributed by atoms with Crippen LogP contribution in [-0.4, -0.2) is 10.5 Å². The van der Waals surface area contributed by atoms with Crippen LogP contribution in [0.2, 0.25) is 10.0 Å². The number of hydrogen-bond acceptors (Lipinski definition) is 4. The second-order valence-electron chi connectivity index (χ2n) is 7.08. The molecule has 2 aromatic carbocycles. The lowest BCUT2D eigenvalue weighted by molar-refractivity contribution is 0.0503. The Morgan fingerprint density at radius 3 is 2.37 bits per heavy atom. The Morgan fingerprint density at radius 2 is 1.70 bits per heavy atom. The normalized spacial score (nSPS) is 10.8. The van der Waals surface area contributed by atoms with Gasteiger partial charge in [0, 0.05) is 12.2 Å². The van der Waals surface area contributed by atoms with E-state index in [9.17, 15) is 9.59 Å². The summed E-state index contributed by atoms with van der Waals surface area (Å²) in [5.41, 5.74) is 4.19. The van der Waals surface area contributed by atoms with Crippen LogP contribution in [0.1, 0.15) is 32.7 Å². The number of nitrogens with two attached hydrogens (primary N) is 1. The monoisotopic (exact) mass is 444 g/mol. The Kier molecular flexibility index (Phi) is 7.32. The first-order chi connectivity index (χ1) is 14.4. The van der Waals surface area contributed by atoms with Crippen molar-refractivity contribution >= 4 is 29.2 Å². The minimum absolute atomic E-state index is 0.0975. The second-order valence-corrected chi connectivity index (χ2v) is 7.90. The standard InChI is InChI=1S/C23H22Cl2N2O3/c1-15-3-2-4-17(13-15)7-10-21-19(24)14-20(25)22(28)27(21)12-11-16-5-8-18(9-6-16)23(29)30-26/h2-6,8-9,13-14H,7,10-12,26H2,1H3. The van der Waals surface area contributed by atoms with Gasteiger partial charge in [0.05, 0.1) is 10.6 Å². The number of nitrogens with zero attached hydrogens (tertiary/aromatic N) is 1. The molecule has 1 heterocycles. The van der Waals surface area contributed by atoms with E-state index >= 15 is 0 Å². The zero-order chi connectivity index (χ0) is 21.7. The molecule has 0 aliphatic rings. The summed E-state index contributed by atoms with van der Waals surface area (Å²) >= 11 is 12.6. The van der Waals surface area contributed by atoms with E-state index in [1.54, 1.807) is 28.8 Å². The van der Waals surface area contributed by atoms with Crippen molar-refractivity contribution in [1.29, 1.82) is 0 Å². The van der Waals surface area contributed by atoms with Gasteiger partial charge >= 0.3 is 5.97 Å². The molecule has 7 heteroatoms. The van der Waals surface area contributed by atoms with Crippen LogP contribution in [0, 0.1) is 6.92 Å². The number of rotatable bonds is 7. The lowest BCUT2D eigenvalue weighted by atomic mass is 10.0. The van der Waals surface area contributed by atoms with Gasteiger partial charge in [-0.1, -0.05) is 65.2 Å². The summed E-state index contributed by atoms with van der Waals surface area (Å²) < 4.78 is 1.64. The molecule has 0 atom stereocenters. The zero-order valence-electron chi connectivity index (χ0n) is 16.5. The maximum atomic E-state index is 12.7. The molecule has 156 valence electrons. The van der Waals surface area contributed by atoms with Crippen LogP contribution in [0.3, 0.4) is 0 Å². The Hall–Kier alpha value is -2.60. The minimum atomic E-state index is -0.599. The number of aromatic nitrogens is 1. The van der Waals surface area contributed by atoms with E-state index in [2.05, 4.69) is 17.0 Å². The topological polar surface area (TPSA) is 74.3 Å². The first-order valence-corrected chi connectivity index (χ1v) is 10.3. The van der Waals surface area contributed by atoms with Crippen LogP contribution in [0.5, 0.6) is 0 Å². The van der Waals surface area contributed by atoms with Gasteiger partial charge in [0.15, 0.2) is 0 Å². The predicted molar refractivity (Wildman–Crippen MR) is 119 cm³/mol. The number of carbonyl (C=O) groups is 1. The Balaban J connectivity index is 1.81. The average Bonchev–Trinajstić information content (AvgIpc) is 2.74. The molecule has 0 aliphatic carbocycles. The molecule has 0 spiro atoms. The summed E-state index contributed by atoms with van der Waals surface area (Å²) in [6.07, 6.45) is 1.96. The van der Waals surface area contributed by atoms with Crippen molar-refractivity contribution in [2.45, 2.75) is 32.7 Å². The van der Waals surface area contributed by atoms with Crippen LogP contribution in [-0.2, 0) is 30.6 Å². The fourth-order valence-corrected chi connectivity index (χ4v) is 3.95. The highest BCUT2D eigenvalue weighted by Crippen LogP contribution is 2.21. The summed E-state index contributed by atoms with van der Waals surface area (Å²) in [6.45, 7) is 2.47. The van der Waals surface area contributed by atoms with Crippen molar-refractivity contribution in [3.63, 3.8) is 0 Å². The van der Waals surface area contributed by atoms with Crippen LogP contribution in [0.15, 0.2) is 59.4 Å². The Bertz CT molecular complexity index is 1110. The molecular weight excluding hydrogens is 423 g/mol. The third-order valence-corrected chi connectivity index (χ3v) is 5.56.